The third-order valence-corrected chi connectivity index (χ3v) is 5.36. The van der Waals surface area contributed by atoms with Gasteiger partial charge in [-0.15, -0.1) is 0 Å². The third-order valence-electron chi connectivity index (χ3n) is 5.36. The van der Waals surface area contributed by atoms with Crippen molar-refractivity contribution in [1.82, 2.24) is 4.90 Å². The van der Waals surface area contributed by atoms with Gasteiger partial charge in [-0.25, -0.2) is 4.39 Å². The molecule has 1 fully saturated rings. The van der Waals surface area contributed by atoms with Gasteiger partial charge in [0, 0.05) is 37.8 Å². The van der Waals surface area contributed by atoms with E-state index in [0.29, 0.717) is 25.6 Å². The Morgan fingerprint density at radius 1 is 1.08 bits per heavy atom. The van der Waals surface area contributed by atoms with Crippen LogP contribution < -0.4 is 4.90 Å². The van der Waals surface area contributed by atoms with Crippen LogP contribution in [0.5, 0.6) is 0 Å². The molecule has 3 nitrogen and oxygen atoms in total. The van der Waals surface area contributed by atoms with Gasteiger partial charge in [0.05, 0.1) is 0 Å². The molecule has 4 rings (SSSR count). The van der Waals surface area contributed by atoms with E-state index in [1.165, 1.54) is 11.6 Å². The van der Waals surface area contributed by atoms with Crippen molar-refractivity contribution in [3.05, 3.63) is 65.5 Å². The summed E-state index contributed by atoms with van der Waals surface area (Å²) in [5, 5.41) is 0. The molecule has 0 unspecified atom stereocenters. The van der Waals surface area contributed by atoms with Crippen molar-refractivity contribution in [2.24, 2.45) is 0 Å². The normalized spacial score (nSPS) is 17.7. The summed E-state index contributed by atoms with van der Waals surface area (Å²) in [6.45, 7) is 2.12. The number of halogens is 1. The number of rotatable bonds is 5. The molecule has 136 valence electrons. The van der Waals surface area contributed by atoms with E-state index >= 15 is 0 Å². The summed E-state index contributed by atoms with van der Waals surface area (Å²) in [7, 11) is 0. The van der Waals surface area contributed by atoms with Crippen molar-refractivity contribution in [3.63, 3.8) is 0 Å². The van der Waals surface area contributed by atoms with Crippen LogP contribution in [0, 0.1) is 5.82 Å². The Hall–Kier alpha value is -2.36. The highest BCUT2D eigenvalue weighted by Gasteiger charge is 2.34. The van der Waals surface area contributed by atoms with Crippen LogP contribution in [0.4, 0.5) is 10.1 Å². The zero-order valence-corrected chi connectivity index (χ0v) is 15.0. The maximum absolute atomic E-state index is 13.8. The number of hydrogen-bond acceptors (Lipinski definition) is 2. The fraction of sp³-hybridized carbons (Fsp3) is 0.409. The number of aryl methyl sites for hydroxylation is 1. The first-order valence-electron chi connectivity index (χ1n) is 9.57. The number of amides is 1. The Morgan fingerprint density at radius 3 is 2.65 bits per heavy atom. The van der Waals surface area contributed by atoms with Gasteiger partial charge in [0.15, 0.2) is 0 Å². The molecular formula is C22H25FN2O. The second-order valence-corrected chi connectivity index (χ2v) is 7.35. The highest BCUT2D eigenvalue weighted by molar-refractivity contribution is 5.78. The third kappa shape index (κ3) is 3.90. The van der Waals surface area contributed by atoms with Gasteiger partial charge in [0.2, 0.25) is 5.91 Å². The average molecular weight is 352 g/mol. The predicted octanol–water partition coefficient (Wildman–Crippen LogP) is 4.16. The molecule has 1 aliphatic heterocycles. The van der Waals surface area contributed by atoms with E-state index in [2.05, 4.69) is 29.2 Å². The molecule has 1 saturated carbocycles. The van der Waals surface area contributed by atoms with Crippen molar-refractivity contribution < 1.29 is 9.18 Å². The minimum atomic E-state index is -0.225. The Balaban J connectivity index is 1.51. The molecular weight excluding hydrogens is 327 g/mol. The summed E-state index contributed by atoms with van der Waals surface area (Å²) < 4.78 is 13.8. The van der Waals surface area contributed by atoms with E-state index in [4.69, 9.17) is 0 Å². The molecule has 0 bridgehead atoms. The van der Waals surface area contributed by atoms with Gasteiger partial charge in [0.25, 0.3) is 0 Å². The maximum atomic E-state index is 13.8. The summed E-state index contributed by atoms with van der Waals surface area (Å²) in [6.07, 6.45) is 4.73. The summed E-state index contributed by atoms with van der Waals surface area (Å²) >= 11 is 0. The van der Waals surface area contributed by atoms with E-state index in [-0.39, 0.29) is 11.7 Å². The number of nitrogens with zero attached hydrogens (tertiary/aromatic N) is 2. The maximum Gasteiger partial charge on any atom is 0.224 e. The van der Waals surface area contributed by atoms with E-state index in [9.17, 15) is 9.18 Å². The number of carbonyl (C=O) groups is 1. The number of fused-ring (bicyclic) bond motifs is 1. The largest absolute Gasteiger partial charge is 0.371 e. The SMILES string of the molecule is O=C1CCN(CCCc2ccccc2)c2ccc(F)cc2CN1C1CC1. The van der Waals surface area contributed by atoms with Gasteiger partial charge >= 0.3 is 0 Å². The molecule has 0 spiro atoms. The molecule has 2 aliphatic rings. The van der Waals surface area contributed by atoms with Gasteiger partial charge in [-0.2, -0.15) is 0 Å². The van der Waals surface area contributed by atoms with Crippen LogP contribution in [0.25, 0.3) is 0 Å². The number of anilines is 1. The zero-order chi connectivity index (χ0) is 17.9. The lowest BCUT2D eigenvalue weighted by atomic mass is 10.1. The molecule has 0 aromatic heterocycles. The number of carbonyl (C=O) groups excluding carboxylic acids is 1. The Bertz CT molecular complexity index is 773. The lowest BCUT2D eigenvalue weighted by Gasteiger charge is -2.33. The molecule has 0 atom stereocenters. The lowest BCUT2D eigenvalue weighted by Crippen LogP contribution is -2.39. The summed E-state index contributed by atoms with van der Waals surface area (Å²) in [4.78, 5) is 16.8. The minimum Gasteiger partial charge on any atom is -0.371 e. The van der Waals surface area contributed by atoms with Gasteiger partial charge in [-0.3, -0.25) is 4.79 Å². The topological polar surface area (TPSA) is 23.6 Å². The number of hydrogen-bond donors (Lipinski definition) is 0. The molecule has 2 aromatic rings. The Kier molecular flexibility index (Phi) is 4.91. The van der Waals surface area contributed by atoms with Crippen molar-refractivity contribution in [1.29, 1.82) is 0 Å². The van der Waals surface area contributed by atoms with Crippen LogP contribution in [0.1, 0.15) is 36.8 Å². The van der Waals surface area contributed by atoms with Gasteiger partial charge in [0.1, 0.15) is 5.82 Å². The first-order chi connectivity index (χ1) is 12.7. The van der Waals surface area contributed by atoms with E-state index in [1.807, 2.05) is 17.0 Å². The van der Waals surface area contributed by atoms with E-state index in [0.717, 1.165) is 43.5 Å². The average Bonchev–Trinajstić information content (AvgIpc) is 3.47. The fourth-order valence-corrected chi connectivity index (χ4v) is 3.83. The number of benzene rings is 2. The van der Waals surface area contributed by atoms with Crippen LogP contribution in [-0.2, 0) is 17.8 Å². The lowest BCUT2D eigenvalue weighted by molar-refractivity contribution is -0.132. The molecule has 1 amide bonds. The summed E-state index contributed by atoms with van der Waals surface area (Å²) in [5.41, 5.74) is 3.34. The quantitative estimate of drug-likeness (QED) is 0.807. The Morgan fingerprint density at radius 2 is 1.88 bits per heavy atom. The summed E-state index contributed by atoms with van der Waals surface area (Å²) in [5.74, 6) is -0.0211. The smallest absolute Gasteiger partial charge is 0.224 e. The highest BCUT2D eigenvalue weighted by atomic mass is 19.1. The van der Waals surface area contributed by atoms with Crippen molar-refractivity contribution >= 4 is 11.6 Å². The van der Waals surface area contributed by atoms with Crippen LogP contribution in [0.15, 0.2) is 48.5 Å². The molecule has 1 aliphatic carbocycles. The van der Waals surface area contributed by atoms with Crippen molar-refractivity contribution in [2.45, 2.75) is 44.7 Å². The fourth-order valence-electron chi connectivity index (χ4n) is 3.83. The zero-order valence-electron chi connectivity index (χ0n) is 15.0. The Labute approximate surface area is 154 Å². The standard InChI is InChI=1S/C22H25FN2O/c23-19-8-11-21-18(15-19)16-25(20-9-10-20)22(26)12-14-24(21)13-4-7-17-5-2-1-3-6-17/h1-3,5-6,8,11,15,20H,4,7,9-10,12-14,16H2. The van der Waals surface area contributed by atoms with Crippen LogP contribution in [0.2, 0.25) is 0 Å². The first-order valence-corrected chi connectivity index (χ1v) is 9.57. The van der Waals surface area contributed by atoms with Crippen LogP contribution >= 0.6 is 0 Å². The molecule has 26 heavy (non-hydrogen) atoms. The molecule has 0 N–H and O–H groups in total. The molecule has 0 radical (unpaired) electrons. The molecule has 4 heteroatoms. The van der Waals surface area contributed by atoms with E-state index < -0.39 is 0 Å². The van der Waals surface area contributed by atoms with Crippen LogP contribution in [0.3, 0.4) is 0 Å². The monoisotopic (exact) mass is 352 g/mol. The van der Waals surface area contributed by atoms with Gasteiger partial charge < -0.3 is 9.80 Å². The van der Waals surface area contributed by atoms with Gasteiger partial charge in [-0.1, -0.05) is 30.3 Å². The molecule has 2 aromatic carbocycles. The highest BCUT2D eigenvalue weighted by Crippen LogP contribution is 2.33. The predicted molar refractivity (Wildman–Crippen MR) is 102 cm³/mol. The van der Waals surface area contributed by atoms with Crippen LogP contribution in [-0.4, -0.2) is 29.9 Å². The summed E-state index contributed by atoms with van der Waals surface area (Å²) in [6, 6.07) is 15.8. The van der Waals surface area contributed by atoms with Gasteiger partial charge in [-0.05, 0) is 55.0 Å². The first kappa shape index (κ1) is 17.1. The molecule has 1 heterocycles. The minimum absolute atomic E-state index is 0.204. The second kappa shape index (κ2) is 7.48. The van der Waals surface area contributed by atoms with E-state index in [1.54, 1.807) is 6.07 Å². The second-order valence-electron chi connectivity index (χ2n) is 7.35. The molecule has 0 saturated heterocycles. The van der Waals surface area contributed by atoms with Crippen molar-refractivity contribution in [2.75, 3.05) is 18.0 Å². The van der Waals surface area contributed by atoms with Crippen molar-refractivity contribution in [3.8, 4) is 0 Å².